The molecule has 0 saturated carbocycles. The molecule has 1 spiro atoms. The van der Waals surface area contributed by atoms with Crippen LogP contribution >= 0.6 is 23.4 Å². The fourth-order valence-corrected chi connectivity index (χ4v) is 13.1. The van der Waals surface area contributed by atoms with Gasteiger partial charge in [-0.1, -0.05) is 49.7 Å². The van der Waals surface area contributed by atoms with Crippen LogP contribution in [0.1, 0.15) is 59.2 Å². The van der Waals surface area contributed by atoms with Crippen molar-refractivity contribution in [3.63, 3.8) is 0 Å². The van der Waals surface area contributed by atoms with Gasteiger partial charge in [-0.05, 0) is 71.8 Å². The Balaban J connectivity index is 1.12. The highest BCUT2D eigenvalue weighted by Crippen LogP contribution is 2.49. The fraction of sp³-hybridized carbons (Fsp3) is 0.548. The first-order valence-corrected chi connectivity index (χ1v) is 23.6. The van der Waals surface area contributed by atoms with Crippen LogP contribution < -0.4 is 20.2 Å². The normalized spacial score (nSPS) is 18.5. The first-order valence-electron chi connectivity index (χ1n) is 19.2. The average molecular weight is 784 g/mol. The Morgan fingerprint density at radius 2 is 1.21 bits per heavy atom. The van der Waals surface area contributed by atoms with Crippen LogP contribution in [0.15, 0.2) is 60.7 Å². The van der Waals surface area contributed by atoms with E-state index >= 15 is 0 Å². The van der Waals surface area contributed by atoms with Crippen LogP contribution in [0.3, 0.4) is 0 Å². The zero-order valence-electron chi connectivity index (χ0n) is 32.4. The third-order valence-electron chi connectivity index (χ3n) is 10.4. The molecule has 2 heterocycles. The largest absolute Gasteiger partial charge is 0.441 e. The second kappa shape index (κ2) is 20.4. The van der Waals surface area contributed by atoms with Crippen molar-refractivity contribution in [3.8, 4) is 0 Å². The smallest absolute Gasteiger partial charge is 0.340 e. The van der Waals surface area contributed by atoms with Crippen LogP contribution in [0.5, 0.6) is 0 Å². The first kappa shape index (κ1) is 41.6. The van der Waals surface area contributed by atoms with E-state index in [1.54, 1.807) is 0 Å². The van der Waals surface area contributed by atoms with Gasteiger partial charge in [-0.2, -0.15) is 11.8 Å². The lowest BCUT2D eigenvalue weighted by atomic mass is 9.79. The number of carbonyl (C=O) groups excluding carboxylic acids is 1. The molecule has 2 aliphatic heterocycles. The number of anilines is 2. The van der Waals surface area contributed by atoms with Crippen LogP contribution in [0.2, 0.25) is 12.6 Å². The summed E-state index contributed by atoms with van der Waals surface area (Å²) in [5, 5.41) is 2.71. The Hall–Kier alpha value is -2.57. The van der Waals surface area contributed by atoms with E-state index in [4.69, 9.17) is 35.3 Å². The Kier molecular flexibility index (Phi) is 16.0. The summed E-state index contributed by atoms with van der Waals surface area (Å²) in [4.78, 5) is 17.8. The van der Waals surface area contributed by atoms with Crippen molar-refractivity contribution in [2.45, 2.75) is 50.3 Å². The van der Waals surface area contributed by atoms with Gasteiger partial charge in [0.25, 0.3) is 0 Å². The number of ether oxygens (including phenoxy) is 5. The first-order chi connectivity index (χ1) is 25.7. The number of halogens is 1. The molecule has 0 saturated heterocycles. The Bertz CT molecular complexity index is 1560. The molecule has 53 heavy (non-hydrogen) atoms. The highest BCUT2D eigenvalue weighted by Gasteiger charge is 2.56. The highest BCUT2D eigenvalue weighted by molar-refractivity contribution is 7.99. The molecule has 3 aromatic carbocycles. The van der Waals surface area contributed by atoms with Crippen molar-refractivity contribution in [2.75, 3.05) is 108 Å². The number of carbonyl (C=O) groups is 1. The van der Waals surface area contributed by atoms with E-state index in [1.165, 1.54) is 23.2 Å². The maximum Gasteiger partial charge on any atom is 0.340 e. The van der Waals surface area contributed by atoms with Gasteiger partial charge in [-0.15, -0.1) is 11.6 Å². The predicted octanol–water partition coefficient (Wildman–Crippen LogP) is 6.78. The molecule has 290 valence electrons. The zero-order chi connectivity index (χ0) is 37.7. The van der Waals surface area contributed by atoms with Crippen molar-refractivity contribution in [2.24, 2.45) is 0 Å². The fourth-order valence-electron chi connectivity index (χ4n) is 7.49. The minimum atomic E-state index is -2.31. The van der Waals surface area contributed by atoms with Crippen molar-refractivity contribution in [1.82, 2.24) is 0 Å². The number of hydrogen-bond acceptors (Lipinski definition) is 9. The summed E-state index contributed by atoms with van der Waals surface area (Å²) >= 11 is 7.65. The number of unbranched alkanes of at least 4 members (excludes halogenated alkanes) is 3. The number of alkyl halides is 1. The Morgan fingerprint density at radius 3 is 1.79 bits per heavy atom. The van der Waals surface area contributed by atoms with E-state index in [0.29, 0.717) is 51.8 Å². The molecular weight excluding hydrogens is 724 g/mol. The molecule has 5 rings (SSSR count). The topological polar surface area (TPSA) is 69.7 Å². The van der Waals surface area contributed by atoms with Gasteiger partial charge in [0.15, 0.2) is 5.60 Å². The lowest BCUT2D eigenvalue weighted by molar-refractivity contribution is -0.000587. The molecule has 0 radical (unpaired) electrons. The average Bonchev–Trinajstić information content (AvgIpc) is 3.46. The molecule has 0 amide bonds. The molecule has 0 aliphatic carbocycles. The van der Waals surface area contributed by atoms with E-state index in [2.05, 4.69) is 87.0 Å². The van der Waals surface area contributed by atoms with E-state index in [1.807, 2.05) is 30.0 Å². The number of nitrogens with zero attached hydrogens (tertiary/aromatic N) is 2. The van der Waals surface area contributed by atoms with Crippen LogP contribution in [-0.2, 0) is 29.3 Å². The molecule has 0 fully saturated rings. The molecule has 0 N–H and O–H groups in total. The van der Waals surface area contributed by atoms with Crippen LogP contribution in [0, 0.1) is 0 Å². The minimum Gasteiger partial charge on any atom is -0.441 e. The van der Waals surface area contributed by atoms with E-state index in [9.17, 15) is 4.79 Å². The van der Waals surface area contributed by atoms with Crippen molar-refractivity contribution >= 4 is 59.2 Å². The van der Waals surface area contributed by atoms with Gasteiger partial charge < -0.3 is 33.5 Å². The third-order valence-corrected chi connectivity index (χ3v) is 16.2. The highest BCUT2D eigenvalue weighted by atomic mass is 35.5. The molecule has 8 nitrogen and oxygen atoms in total. The molecule has 0 aromatic heterocycles. The lowest BCUT2D eigenvalue weighted by Crippen LogP contribution is -2.65. The Morgan fingerprint density at radius 1 is 0.660 bits per heavy atom. The third kappa shape index (κ3) is 10.0. The maximum absolute atomic E-state index is 13.5. The van der Waals surface area contributed by atoms with E-state index < -0.39 is 13.7 Å². The van der Waals surface area contributed by atoms with Crippen LogP contribution in [0.4, 0.5) is 11.4 Å². The molecule has 0 atom stereocenters. The lowest BCUT2D eigenvalue weighted by Gasteiger charge is -2.46. The van der Waals surface area contributed by atoms with Crippen molar-refractivity contribution in [1.29, 1.82) is 0 Å². The number of hydrogen-bond donors (Lipinski definition) is 0. The van der Waals surface area contributed by atoms with Gasteiger partial charge in [-0.3, -0.25) is 0 Å². The predicted molar refractivity (Wildman–Crippen MR) is 223 cm³/mol. The molecule has 0 unspecified atom stereocenters. The maximum atomic E-state index is 13.5. The van der Waals surface area contributed by atoms with Gasteiger partial charge in [-0.25, -0.2) is 4.79 Å². The standard InChI is InChI=1S/C42H59ClN2O6SSi/c1-44(2)33-15-17-37-39(31-33)53(5,30-12-28-52-29-27-50-26-25-49-24-23-48-22-21-47-20-11-7-6-10-19-43)40-32-34(45(3)4)16-18-38(40)42(37)36-14-9-8-13-35(36)41(46)51-42/h8-9,13-18,31-32H,6-7,10-12,19-30H2,1-5H3. The summed E-state index contributed by atoms with van der Waals surface area (Å²) in [5.74, 6) is 2.50. The molecule has 0 bridgehead atoms. The molecule has 11 heteroatoms. The van der Waals surface area contributed by atoms with E-state index in [0.717, 1.165) is 77.4 Å². The monoisotopic (exact) mass is 782 g/mol. The number of benzene rings is 3. The number of esters is 1. The summed E-state index contributed by atoms with van der Waals surface area (Å²) in [6, 6.07) is 22.5. The molecule has 2 aliphatic rings. The van der Waals surface area contributed by atoms with Gasteiger partial charge in [0, 0.05) is 74.5 Å². The van der Waals surface area contributed by atoms with Gasteiger partial charge in [0.1, 0.15) is 8.07 Å². The summed E-state index contributed by atoms with van der Waals surface area (Å²) in [6.07, 6.45) is 5.60. The Labute approximate surface area is 327 Å². The summed E-state index contributed by atoms with van der Waals surface area (Å²) in [6.45, 7) is 7.52. The summed E-state index contributed by atoms with van der Waals surface area (Å²) in [7, 11) is 6.05. The SMILES string of the molecule is CN(C)c1ccc2c(c1)[Si](C)(CCCSCCOCCOCCOCCOCCCCCCCl)c1cc(N(C)C)ccc1C21OC(=O)c2ccccc21. The van der Waals surface area contributed by atoms with Gasteiger partial charge in [0.05, 0.1) is 51.8 Å². The second-order valence-electron chi connectivity index (χ2n) is 14.5. The van der Waals surface area contributed by atoms with Crippen molar-refractivity contribution in [3.05, 3.63) is 82.9 Å². The van der Waals surface area contributed by atoms with Crippen LogP contribution in [-0.4, -0.2) is 112 Å². The number of fused-ring (bicyclic) bond motifs is 6. The summed E-state index contributed by atoms with van der Waals surface area (Å²) in [5.41, 5.74) is 5.19. The molecule has 3 aromatic rings. The van der Waals surface area contributed by atoms with Gasteiger partial charge >= 0.3 is 5.97 Å². The zero-order valence-corrected chi connectivity index (χ0v) is 35.0. The summed E-state index contributed by atoms with van der Waals surface area (Å²) < 4.78 is 29.3. The number of rotatable bonds is 24. The van der Waals surface area contributed by atoms with Gasteiger partial charge in [0.2, 0.25) is 0 Å². The van der Waals surface area contributed by atoms with Crippen molar-refractivity contribution < 1.29 is 28.5 Å². The molecular formula is C42H59ClN2O6SSi. The van der Waals surface area contributed by atoms with E-state index in [-0.39, 0.29) is 5.97 Å². The second-order valence-corrected chi connectivity index (χ2v) is 20.3. The van der Waals surface area contributed by atoms with Crippen LogP contribution in [0.25, 0.3) is 0 Å². The minimum absolute atomic E-state index is 0.257. The quantitative estimate of drug-likeness (QED) is 0.0424. The number of thioether (sulfide) groups is 1.